The number of carbonyl (C=O) groups excluding carboxylic acids is 1. The molecule has 25 heavy (non-hydrogen) atoms. The average molecular weight is 342 g/mol. The maximum Gasteiger partial charge on any atom is 0.222 e. The second-order valence-corrected chi connectivity index (χ2v) is 7.95. The van der Waals surface area contributed by atoms with Gasteiger partial charge in [-0.05, 0) is 56.6 Å². The van der Waals surface area contributed by atoms with Crippen molar-refractivity contribution in [2.75, 3.05) is 13.1 Å². The Morgan fingerprint density at radius 3 is 2.40 bits per heavy atom. The van der Waals surface area contributed by atoms with Crippen molar-refractivity contribution in [1.29, 1.82) is 0 Å². The second-order valence-electron chi connectivity index (χ2n) is 7.95. The van der Waals surface area contributed by atoms with Crippen molar-refractivity contribution in [2.24, 2.45) is 18.9 Å². The molecule has 0 N–H and O–H groups in total. The van der Waals surface area contributed by atoms with Gasteiger partial charge in [0.15, 0.2) is 5.65 Å². The van der Waals surface area contributed by atoms with E-state index < -0.39 is 0 Å². The molecule has 5 nitrogen and oxygen atoms in total. The van der Waals surface area contributed by atoms with E-state index in [4.69, 9.17) is 4.98 Å². The van der Waals surface area contributed by atoms with E-state index in [0.717, 1.165) is 41.9 Å². The van der Waals surface area contributed by atoms with E-state index >= 15 is 0 Å². The van der Waals surface area contributed by atoms with Crippen molar-refractivity contribution in [3.8, 4) is 0 Å². The highest BCUT2D eigenvalue weighted by molar-refractivity contribution is 5.84. The Bertz CT molecular complexity index is 798. The lowest BCUT2D eigenvalue weighted by Gasteiger charge is -2.35. The maximum absolute atomic E-state index is 12.7. The molecule has 3 rings (SSSR count). The molecule has 0 bridgehead atoms. The monoisotopic (exact) mass is 342 g/mol. The fraction of sp³-hybridized carbons (Fsp3) is 0.650. The van der Waals surface area contributed by atoms with Gasteiger partial charge in [-0.2, -0.15) is 5.10 Å². The SMILES string of the molecule is Cc1nc2c(c(C)nn2C)c(C)c1CCC(=O)N1C[C@H](C)C[C@@H](C)C1. The van der Waals surface area contributed by atoms with E-state index in [1.165, 1.54) is 17.5 Å². The summed E-state index contributed by atoms with van der Waals surface area (Å²) >= 11 is 0. The fourth-order valence-corrected chi connectivity index (χ4v) is 4.49. The van der Waals surface area contributed by atoms with Crippen LogP contribution in [0, 0.1) is 32.6 Å². The van der Waals surface area contributed by atoms with Gasteiger partial charge >= 0.3 is 0 Å². The van der Waals surface area contributed by atoms with Gasteiger partial charge < -0.3 is 4.90 Å². The normalized spacial score (nSPS) is 21.1. The number of rotatable bonds is 3. The number of aryl methyl sites for hydroxylation is 4. The Hall–Kier alpha value is -1.91. The molecule has 2 aromatic rings. The van der Waals surface area contributed by atoms with Crippen molar-refractivity contribution < 1.29 is 4.79 Å². The van der Waals surface area contributed by atoms with Gasteiger partial charge in [0.2, 0.25) is 5.91 Å². The van der Waals surface area contributed by atoms with Crippen LogP contribution in [0.4, 0.5) is 0 Å². The molecule has 0 aliphatic carbocycles. The van der Waals surface area contributed by atoms with Gasteiger partial charge in [-0.1, -0.05) is 13.8 Å². The molecule has 1 aliphatic rings. The van der Waals surface area contributed by atoms with Crippen molar-refractivity contribution in [1.82, 2.24) is 19.7 Å². The third-order valence-electron chi connectivity index (χ3n) is 5.54. The van der Waals surface area contributed by atoms with E-state index in [9.17, 15) is 4.79 Å². The molecule has 5 heteroatoms. The van der Waals surface area contributed by atoms with E-state index in [1.54, 1.807) is 0 Å². The molecule has 1 fully saturated rings. The summed E-state index contributed by atoms with van der Waals surface area (Å²) in [4.78, 5) is 19.5. The number of fused-ring (bicyclic) bond motifs is 1. The summed E-state index contributed by atoms with van der Waals surface area (Å²) in [6.45, 7) is 12.5. The second kappa shape index (κ2) is 6.77. The Morgan fingerprint density at radius 1 is 1.12 bits per heavy atom. The first kappa shape index (κ1) is 17.9. The molecule has 0 saturated carbocycles. The number of hydrogen-bond acceptors (Lipinski definition) is 3. The molecule has 0 aromatic carbocycles. The molecule has 136 valence electrons. The van der Waals surface area contributed by atoms with Crippen LogP contribution in [-0.2, 0) is 18.3 Å². The predicted molar refractivity (Wildman–Crippen MR) is 101 cm³/mol. The number of pyridine rings is 1. The zero-order chi connectivity index (χ0) is 18.3. The largest absolute Gasteiger partial charge is 0.342 e. The lowest BCUT2D eigenvalue weighted by Crippen LogP contribution is -2.42. The van der Waals surface area contributed by atoms with Crippen molar-refractivity contribution >= 4 is 16.9 Å². The van der Waals surface area contributed by atoms with E-state index in [0.29, 0.717) is 18.3 Å². The quantitative estimate of drug-likeness (QED) is 0.860. The first-order valence-corrected chi connectivity index (χ1v) is 9.35. The van der Waals surface area contributed by atoms with Crippen LogP contribution >= 0.6 is 0 Å². The zero-order valence-electron chi connectivity index (χ0n) is 16.4. The summed E-state index contributed by atoms with van der Waals surface area (Å²) < 4.78 is 1.84. The van der Waals surface area contributed by atoms with Crippen LogP contribution in [0.1, 0.15) is 49.2 Å². The van der Waals surface area contributed by atoms with E-state index in [2.05, 4.69) is 30.8 Å². The molecular weight excluding hydrogens is 312 g/mol. The summed E-state index contributed by atoms with van der Waals surface area (Å²) in [5.74, 6) is 1.49. The van der Waals surface area contributed by atoms with Gasteiger partial charge in [0.05, 0.1) is 5.69 Å². The van der Waals surface area contributed by atoms with Crippen LogP contribution in [-0.4, -0.2) is 38.7 Å². The lowest BCUT2D eigenvalue weighted by molar-refractivity contribution is -0.133. The Labute approximate surface area is 150 Å². The number of likely N-dealkylation sites (tertiary alicyclic amines) is 1. The van der Waals surface area contributed by atoms with Crippen LogP contribution in [0.5, 0.6) is 0 Å². The van der Waals surface area contributed by atoms with Crippen LogP contribution in [0.25, 0.3) is 11.0 Å². The molecule has 0 spiro atoms. The Morgan fingerprint density at radius 2 is 1.76 bits per heavy atom. The first-order chi connectivity index (χ1) is 11.8. The first-order valence-electron chi connectivity index (χ1n) is 9.35. The number of amides is 1. The van der Waals surface area contributed by atoms with E-state index in [1.807, 2.05) is 25.6 Å². The van der Waals surface area contributed by atoms with Gasteiger partial charge in [0, 0.05) is 37.6 Å². The fourth-order valence-electron chi connectivity index (χ4n) is 4.49. The summed E-state index contributed by atoms with van der Waals surface area (Å²) in [6, 6.07) is 0. The van der Waals surface area contributed by atoms with Crippen LogP contribution < -0.4 is 0 Å². The summed E-state index contributed by atoms with van der Waals surface area (Å²) in [5.41, 5.74) is 5.38. The minimum absolute atomic E-state index is 0.278. The minimum Gasteiger partial charge on any atom is -0.342 e. The smallest absolute Gasteiger partial charge is 0.222 e. The molecule has 2 aromatic heterocycles. The molecule has 2 atom stereocenters. The Kier molecular flexibility index (Phi) is 4.85. The number of hydrogen-bond donors (Lipinski definition) is 0. The van der Waals surface area contributed by atoms with Gasteiger partial charge in [-0.15, -0.1) is 0 Å². The number of piperidine rings is 1. The van der Waals surface area contributed by atoms with Crippen LogP contribution in [0.2, 0.25) is 0 Å². The molecule has 1 amide bonds. The molecule has 3 heterocycles. The molecular formula is C20H30N4O. The third-order valence-corrected chi connectivity index (χ3v) is 5.54. The highest BCUT2D eigenvalue weighted by Gasteiger charge is 2.25. The van der Waals surface area contributed by atoms with Crippen molar-refractivity contribution in [2.45, 2.75) is 53.9 Å². The zero-order valence-corrected chi connectivity index (χ0v) is 16.4. The van der Waals surface area contributed by atoms with Crippen molar-refractivity contribution in [3.05, 3.63) is 22.5 Å². The van der Waals surface area contributed by atoms with Crippen LogP contribution in [0.15, 0.2) is 0 Å². The number of nitrogens with zero attached hydrogens (tertiary/aromatic N) is 4. The third kappa shape index (κ3) is 3.42. The topological polar surface area (TPSA) is 51.0 Å². The highest BCUT2D eigenvalue weighted by atomic mass is 16.2. The van der Waals surface area contributed by atoms with Crippen molar-refractivity contribution in [3.63, 3.8) is 0 Å². The van der Waals surface area contributed by atoms with Gasteiger partial charge in [-0.3, -0.25) is 9.48 Å². The van der Waals surface area contributed by atoms with Gasteiger partial charge in [0.25, 0.3) is 0 Å². The van der Waals surface area contributed by atoms with Gasteiger partial charge in [0.1, 0.15) is 0 Å². The summed E-state index contributed by atoms with van der Waals surface area (Å²) in [5, 5.41) is 5.63. The molecule has 1 saturated heterocycles. The summed E-state index contributed by atoms with van der Waals surface area (Å²) in [6.07, 6.45) is 2.55. The lowest BCUT2D eigenvalue weighted by atomic mass is 9.91. The summed E-state index contributed by atoms with van der Waals surface area (Å²) in [7, 11) is 1.93. The molecule has 0 unspecified atom stereocenters. The van der Waals surface area contributed by atoms with E-state index in [-0.39, 0.29) is 5.91 Å². The molecule has 0 radical (unpaired) electrons. The number of aromatic nitrogens is 3. The number of carbonyl (C=O) groups is 1. The predicted octanol–water partition coefficient (Wildman–Crippen LogP) is 3.33. The minimum atomic E-state index is 0.278. The van der Waals surface area contributed by atoms with Gasteiger partial charge in [-0.25, -0.2) is 4.98 Å². The highest BCUT2D eigenvalue weighted by Crippen LogP contribution is 2.27. The standard InChI is InChI=1S/C20H30N4O/c1-12-9-13(2)11-24(10-12)18(25)8-7-17-14(3)19-16(5)22-23(6)20(19)21-15(17)4/h12-13H,7-11H2,1-6H3/t12-,13-/m1/s1. The maximum atomic E-state index is 12.7. The Balaban J connectivity index is 1.79. The average Bonchev–Trinajstić information content (AvgIpc) is 2.80. The molecule has 1 aliphatic heterocycles. The van der Waals surface area contributed by atoms with Crippen LogP contribution in [0.3, 0.4) is 0 Å².